The van der Waals surface area contributed by atoms with Gasteiger partial charge in [0.05, 0.1) is 19.9 Å². The maximum atomic E-state index is 11.0. The fraction of sp³-hybridized carbons (Fsp3) is 0.364. The zero-order valence-electron chi connectivity index (χ0n) is 9.38. The maximum Gasteiger partial charge on any atom is 0.157 e. The number of nitrogen functional groups attached to an aromatic ring is 1. The molecule has 0 saturated heterocycles. The zero-order valence-corrected chi connectivity index (χ0v) is 9.38. The first-order valence-corrected chi connectivity index (χ1v) is 4.54. The van der Waals surface area contributed by atoms with Gasteiger partial charge in [-0.2, -0.15) is 0 Å². The minimum absolute atomic E-state index is 0.362. The first-order valence-electron chi connectivity index (χ1n) is 4.54. The zero-order chi connectivity index (χ0) is 11.6. The van der Waals surface area contributed by atoms with Crippen molar-refractivity contribution in [2.75, 3.05) is 20.0 Å². The lowest BCUT2D eigenvalue weighted by molar-refractivity contribution is 0.111. The quantitative estimate of drug-likeness (QED) is 0.608. The van der Waals surface area contributed by atoms with Crippen molar-refractivity contribution in [2.24, 2.45) is 0 Å². The Morgan fingerprint density at radius 2 is 1.60 bits per heavy atom. The smallest absolute Gasteiger partial charge is 0.157 e. The summed E-state index contributed by atoms with van der Waals surface area (Å²) >= 11 is 0. The normalized spacial score (nSPS) is 9.87. The largest absolute Gasteiger partial charge is 0.496 e. The number of ether oxygens (including phenoxy) is 2. The van der Waals surface area contributed by atoms with Crippen molar-refractivity contribution >= 4 is 12.0 Å². The molecule has 0 aliphatic rings. The first-order chi connectivity index (χ1) is 7.08. The highest BCUT2D eigenvalue weighted by Crippen LogP contribution is 2.38. The lowest BCUT2D eigenvalue weighted by atomic mass is 10.0. The fourth-order valence-corrected chi connectivity index (χ4v) is 1.58. The number of methoxy groups -OCH3 is 2. The predicted octanol–water partition coefficient (Wildman–Crippen LogP) is 1.72. The van der Waals surface area contributed by atoms with Crippen LogP contribution in [-0.2, 0) is 0 Å². The molecule has 0 aliphatic carbocycles. The van der Waals surface area contributed by atoms with E-state index in [0.29, 0.717) is 29.0 Å². The summed E-state index contributed by atoms with van der Waals surface area (Å²) in [4.78, 5) is 11.0. The maximum absolute atomic E-state index is 11.0. The Morgan fingerprint density at radius 1 is 1.07 bits per heavy atom. The van der Waals surface area contributed by atoms with Crippen molar-refractivity contribution in [2.45, 2.75) is 13.8 Å². The Kier molecular flexibility index (Phi) is 3.19. The number of nitrogens with two attached hydrogens (primary N) is 1. The van der Waals surface area contributed by atoms with Gasteiger partial charge < -0.3 is 15.2 Å². The van der Waals surface area contributed by atoms with Gasteiger partial charge in [-0.15, -0.1) is 0 Å². The van der Waals surface area contributed by atoms with E-state index in [4.69, 9.17) is 15.2 Å². The third kappa shape index (κ3) is 1.63. The lowest BCUT2D eigenvalue weighted by Crippen LogP contribution is -2.05. The third-order valence-electron chi connectivity index (χ3n) is 2.57. The molecule has 0 aromatic heterocycles. The Balaban J connectivity index is 3.66. The summed E-state index contributed by atoms with van der Waals surface area (Å²) in [5.41, 5.74) is 8.43. The second-order valence-corrected chi connectivity index (χ2v) is 3.26. The van der Waals surface area contributed by atoms with E-state index in [9.17, 15) is 4.79 Å². The van der Waals surface area contributed by atoms with E-state index in [1.807, 2.05) is 13.8 Å². The number of anilines is 1. The Labute approximate surface area is 89.0 Å². The molecule has 4 nitrogen and oxygen atoms in total. The summed E-state index contributed by atoms with van der Waals surface area (Å²) in [5, 5.41) is 0. The summed E-state index contributed by atoms with van der Waals surface area (Å²) < 4.78 is 10.3. The monoisotopic (exact) mass is 209 g/mol. The SMILES string of the molecule is COc1c(C)c(C)c(N)c(OC)c1C=O. The molecule has 0 amide bonds. The summed E-state index contributed by atoms with van der Waals surface area (Å²) in [6.07, 6.45) is 0.695. The van der Waals surface area contributed by atoms with Crippen LogP contribution in [0.2, 0.25) is 0 Å². The second-order valence-electron chi connectivity index (χ2n) is 3.26. The molecule has 4 heteroatoms. The standard InChI is InChI=1S/C11H15NO3/c1-6-7(2)10(14-3)8(5-13)11(15-4)9(6)12/h5H,12H2,1-4H3. The van der Waals surface area contributed by atoms with Crippen LogP contribution in [-0.4, -0.2) is 20.5 Å². The summed E-state index contributed by atoms with van der Waals surface area (Å²) in [7, 11) is 3.00. The van der Waals surface area contributed by atoms with Gasteiger partial charge in [-0.05, 0) is 25.0 Å². The molecular weight excluding hydrogens is 194 g/mol. The molecule has 15 heavy (non-hydrogen) atoms. The Morgan fingerprint density at radius 3 is 2.00 bits per heavy atom. The van der Waals surface area contributed by atoms with Crippen LogP contribution < -0.4 is 15.2 Å². The minimum Gasteiger partial charge on any atom is -0.496 e. The fourth-order valence-electron chi connectivity index (χ4n) is 1.58. The number of benzene rings is 1. The molecule has 0 bridgehead atoms. The van der Waals surface area contributed by atoms with E-state index in [1.165, 1.54) is 14.2 Å². The van der Waals surface area contributed by atoms with E-state index in [1.54, 1.807) is 0 Å². The van der Waals surface area contributed by atoms with Crippen LogP contribution in [0.25, 0.3) is 0 Å². The minimum atomic E-state index is 0.362. The Hall–Kier alpha value is -1.71. The molecule has 0 aliphatic heterocycles. The lowest BCUT2D eigenvalue weighted by Gasteiger charge is -2.16. The molecule has 1 aromatic rings. The van der Waals surface area contributed by atoms with Crippen LogP contribution in [0.3, 0.4) is 0 Å². The van der Waals surface area contributed by atoms with Crippen molar-refractivity contribution < 1.29 is 14.3 Å². The van der Waals surface area contributed by atoms with Crippen molar-refractivity contribution in [1.82, 2.24) is 0 Å². The average Bonchev–Trinajstić information content (AvgIpc) is 2.25. The Bertz CT molecular complexity index is 368. The second kappa shape index (κ2) is 4.21. The van der Waals surface area contributed by atoms with Crippen molar-refractivity contribution in [3.8, 4) is 11.5 Å². The summed E-state index contributed by atoms with van der Waals surface area (Å²) in [5.74, 6) is 0.901. The molecule has 0 heterocycles. The number of rotatable bonds is 3. The van der Waals surface area contributed by atoms with Gasteiger partial charge in [-0.25, -0.2) is 0 Å². The van der Waals surface area contributed by atoms with Gasteiger partial charge >= 0.3 is 0 Å². The van der Waals surface area contributed by atoms with E-state index in [-0.39, 0.29) is 0 Å². The van der Waals surface area contributed by atoms with Crippen molar-refractivity contribution in [1.29, 1.82) is 0 Å². The van der Waals surface area contributed by atoms with Gasteiger partial charge in [0.25, 0.3) is 0 Å². The van der Waals surface area contributed by atoms with Gasteiger partial charge in [0.2, 0.25) is 0 Å². The van der Waals surface area contributed by atoms with Crippen molar-refractivity contribution in [3.63, 3.8) is 0 Å². The molecule has 0 spiro atoms. The predicted molar refractivity (Wildman–Crippen MR) is 58.8 cm³/mol. The molecule has 1 aromatic carbocycles. The number of hydrogen-bond donors (Lipinski definition) is 1. The van der Waals surface area contributed by atoms with Crippen LogP contribution in [0.5, 0.6) is 11.5 Å². The van der Waals surface area contributed by atoms with Crippen LogP contribution in [0.4, 0.5) is 5.69 Å². The highest BCUT2D eigenvalue weighted by molar-refractivity contribution is 5.89. The van der Waals surface area contributed by atoms with Crippen LogP contribution >= 0.6 is 0 Å². The summed E-state index contributed by atoms with van der Waals surface area (Å²) in [6.45, 7) is 3.72. The molecule has 0 saturated carbocycles. The first kappa shape index (κ1) is 11.4. The number of hydrogen-bond acceptors (Lipinski definition) is 4. The van der Waals surface area contributed by atoms with Crippen LogP contribution in [0.1, 0.15) is 21.5 Å². The topological polar surface area (TPSA) is 61.6 Å². The van der Waals surface area contributed by atoms with Gasteiger partial charge in [0.1, 0.15) is 11.3 Å². The molecule has 0 radical (unpaired) electrons. The number of carbonyl (C=O) groups is 1. The molecule has 1 rings (SSSR count). The molecule has 0 fully saturated rings. The highest BCUT2D eigenvalue weighted by atomic mass is 16.5. The van der Waals surface area contributed by atoms with Gasteiger partial charge in [0, 0.05) is 0 Å². The summed E-state index contributed by atoms with van der Waals surface area (Å²) in [6, 6.07) is 0. The molecule has 0 unspecified atom stereocenters. The van der Waals surface area contributed by atoms with Gasteiger partial charge in [-0.3, -0.25) is 4.79 Å². The molecule has 0 atom stereocenters. The number of carbonyl (C=O) groups excluding carboxylic acids is 1. The third-order valence-corrected chi connectivity index (χ3v) is 2.57. The highest BCUT2D eigenvalue weighted by Gasteiger charge is 2.18. The van der Waals surface area contributed by atoms with E-state index in [0.717, 1.165) is 11.1 Å². The molecule has 2 N–H and O–H groups in total. The van der Waals surface area contributed by atoms with Gasteiger partial charge in [-0.1, -0.05) is 0 Å². The van der Waals surface area contributed by atoms with E-state index >= 15 is 0 Å². The van der Waals surface area contributed by atoms with Crippen LogP contribution in [0.15, 0.2) is 0 Å². The van der Waals surface area contributed by atoms with Crippen LogP contribution in [0, 0.1) is 13.8 Å². The number of aldehydes is 1. The van der Waals surface area contributed by atoms with Gasteiger partial charge in [0.15, 0.2) is 12.0 Å². The van der Waals surface area contributed by atoms with E-state index in [2.05, 4.69) is 0 Å². The van der Waals surface area contributed by atoms with E-state index < -0.39 is 0 Å². The average molecular weight is 209 g/mol. The molecule has 82 valence electrons. The molecular formula is C11H15NO3. The van der Waals surface area contributed by atoms with Crippen molar-refractivity contribution in [3.05, 3.63) is 16.7 Å².